The van der Waals surface area contributed by atoms with Crippen molar-refractivity contribution in [1.29, 1.82) is 0 Å². The van der Waals surface area contributed by atoms with E-state index in [0.717, 1.165) is 41.2 Å². The fourth-order valence-corrected chi connectivity index (χ4v) is 7.74. The highest BCUT2D eigenvalue weighted by Crippen LogP contribution is 2.46. The van der Waals surface area contributed by atoms with Crippen molar-refractivity contribution in [3.8, 4) is 28.3 Å². The highest BCUT2D eigenvalue weighted by atomic mass is 16.6. The summed E-state index contributed by atoms with van der Waals surface area (Å²) in [6, 6.07) is 19.0. The third-order valence-electron chi connectivity index (χ3n) is 10.7. The third-order valence-corrected chi connectivity index (χ3v) is 10.7. The number of nitrogens with one attached hydrogen (secondary N) is 2. The summed E-state index contributed by atoms with van der Waals surface area (Å²) in [6.07, 6.45) is 6.86. The maximum atomic E-state index is 14.6. The Balaban J connectivity index is 1.28. The number of carboxylic acids is 1. The lowest BCUT2D eigenvalue weighted by atomic mass is 9.99. The molecule has 13 nitrogen and oxygen atoms in total. The normalized spacial score (nSPS) is 25.1. The second-order valence-corrected chi connectivity index (χ2v) is 15.7. The average Bonchev–Trinajstić information content (AvgIpc) is 3.45. The first-order chi connectivity index (χ1) is 26.4. The van der Waals surface area contributed by atoms with E-state index >= 15 is 0 Å². The minimum absolute atomic E-state index is 0.0541. The Bertz CT molecular complexity index is 2120. The highest BCUT2D eigenvalue weighted by molar-refractivity contribution is 5.99. The second-order valence-electron chi connectivity index (χ2n) is 15.7. The predicted octanol–water partition coefficient (Wildman–Crippen LogP) is 6.29. The Morgan fingerprint density at radius 1 is 0.964 bits per heavy atom. The van der Waals surface area contributed by atoms with E-state index in [1.807, 2.05) is 78.9 Å². The van der Waals surface area contributed by atoms with Crippen LogP contribution in [0.5, 0.6) is 5.75 Å². The molecule has 55 heavy (non-hydrogen) atoms. The molecule has 0 spiro atoms. The van der Waals surface area contributed by atoms with Crippen LogP contribution in [0.4, 0.5) is 4.79 Å². The van der Waals surface area contributed by atoms with Gasteiger partial charge in [-0.25, -0.2) is 9.59 Å². The van der Waals surface area contributed by atoms with Gasteiger partial charge < -0.3 is 30.1 Å². The molecule has 3 N–H and O–H groups in total. The van der Waals surface area contributed by atoms with Gasteiger partial charge in [0, 0.05) is 30.0 Å². The molecule has 13 heteroatoms. The Kier molecular flexibility index (Phi) is 10.4. The molecule has 1 saturated heterocycles. The number of carbonyl (C=O) groups excluding carboxylic acids is 3. The van der Waals surface area contributed by atoms with E-state index in [1.54, 1.807) is 32.7 Å². The lowest BCUT2D eigenvalue weighted by molar-refractivity contribution is -0.145. The number of allylic oxidation sites excluding steroid dienone is 1. The number of aliphatic carboxylic acids is 1. The van der Waals surface area contributed by atoms with Crippen LogP contribution in [-0.2, 0) is 19.1 Å². The van der Waals surface area contributed by atoms with E-state index in [-0.39, 0.29) is 25.3 Å². The monoisotopic (exact) mass is 748 g/mol. The number of carboxylic acid groups (broad SMARTS) is 1. The first-order valence-corrected chi connectivity index (χ1v) is 19.0. The Labute approximate surface area is 320 Å². The van der Waals surface area contributed by atoms with Crippen molar-refractivity contribution in [2.45, 2.75) is 95.0 Å². The molecule has 1 aromatic heterocycles. The smallest absolute Gasteiger partial charge is 0.408 e. The molecule has 3 aromatic carbocycles. The lowest BCUT2D eigenvalue weighted by Gasteiger charge is -2.30. The lowest BCUT2D eigenvalue weighted by Crippen LogP contribution is -2.56. The number of fused-ring (bicyclic) bond motifs is 3. The van der Waals surface area contributed by atoms with Gasteiger partial charge in [-0.3, -0.25) is 9.59 Å². The number of nitrogens with zero attached hydrogens (tertiary/aromatic N) is 4. The largest absolute Gasteiger partial charge is 0.497 e. The van der Waals surface area contributed by atoms with E-state index in [2.05, 4.69) is 10.6 Å². The molecule has 0 bridgehead atoms. The molecule has 5 atom stereocenters. The van der Waals surface area contributed by atoms with Gasteiger partial charge in [0.15, 0.2) is 0 Å². The summed E-state index contributed by atoms with van der Waals surface area (Å²) in [5, 5.41) is 28.0. The van der Waals surface area contributed by atoms with Crippen LogP contribution in [0, 0.1) is 5.92 Å². The Morgan fingerprint density at radius 3 is 2.45 bits per heavy atom. The topological polar surface area (TPSA) is 165 Å². The number of ether oxygens (including phenoxy) is 2. The minimum atomic E-state index is -1.46. The van der Waals surface area contributed by atoms with Crippen LogP contribution < -0.4 is 15.4 Å². The van der Waals surface area contributed by atoms with Gasteiger partial charge in [-0.2, -0.15) is 15.0 Å². The summed E-state index contributed by atoms with van der Waals surface area (Å²) >= 11 is 0. The Morgan fingerprint density at radius 2 is 1.71 bits per heavy atom. The molecule has 288 valence electrons. The van der Waals surface area contributed by atoms with Crippen LogP contribution >= 0.6 is 0 Å². The first-order valence-electron chi connectivity index (χ1n) is 19.0. The number of methoxy groups -OCH3 is 1. The molecule has 3 heterocycles. The van der Waals surface area contributed by atoms with E-state index in [9.17, 15) is 24.3 Å². The van der Waals surface area contributed by atoms with Crippen molar-refractivity contribution in [2.24, 2.45) is 5.92 Å². The number of carbonyl (C=O) groups is 4. The molecule has 0 unspecified atom stereocenters. The number of hydrogen-bond acceptors (Lipinski definition) is 8. The molecule has 3 amide bonds. The summed E-state index contributed by atoms with van der Waals surface area (Å²) < 4.78 is 10.9. The van der Waals surface area contributed by atoms with Gasteiger partial charge >= 0.3 is 12.1 Å². The zero-order chi connectivity index (χ0) is 38.9. The van der Waals surface area contributed by atoms with Crippen molar-refractivity contribution >= 4 is 34.6 Å². The maximum absolute atomic E-state index is 14.6. The molecular weight excluding hydrogens is 700 g/mol. The number of rotatable bonds is 6. The summed E-state index contributed by atoms with van der Waals surface area (Å²) in [4.78, 5) is 57.6. The van der Waals surface area contributed by atoms with Gasteiger partial charge in [0.2, 0.25) is 11.8 Å². The average molecular weight is 749 g/mol. The molecule has 4 aromatic rings. The third kappa shape index (κ3) is 7.92. The van der Waals surface area contributed by atoms with Crippen LogP contribution in [0.1, 0.15) is 71.8 Å². The molecule has 2 aliphatic heterocycles. The summed E-state index contributed by atoms with van der Waals surface area (Å²) in [5.74, 6) is -1.80. The number of hydrogen-bond donors (Lipinski definition) is 3. The molecular formula is C42H48N6O7. The fraction of sp³-hybridized carbons (Fsp3) is 0.429. The summed E-state index contributed by atoms with van der Waals surface area (Å²) in [7, 11) is 1.60. The summed E-state index contributed by atoms with van der Waals surface area (Å²) in [5.41, 5.74) is 0.665. The van der Waals surface area contributed by atoms with E-state index < -0.39 is 53.1 Å². The quantitative estimate of drug-likeness (QED) is 0.192. The van der Waals surface area contributed by atoms with E-state index in [4.69, 9.17) is 19.7 Å². The Hall–Kier alpha value is -5.72. The van der Waals surface area contributed by atoms with Crippen LogP contribution in [0.25, 0.3) is 33.3 Å². The molecule has 7 rings (SSSR count). The zero-order valence-corrected chi connectivity index (χ0v) is 31.7. The van der Waals surface area contributed by atoms with Crippen LogP contribution in [0.3, 0.4) is 0 Å². The maximum Gasteiger partial charge on any atom is 0.408 e. The van der Waals surface area contributed by atoms with Gasteiger partial charge in [-0.05, 0) is 81.5 Å². The van der Waals surface area contributed by atoms with Gasteiger partial charge in [-0.1, -0.05) is 67.5 Å². The first kappa shape index (κ1) is 37.6. The van der Waals surface area contributed by atoms with Crippen molar-refractivity contribution in [3.63, 3.8) is 0 Å². The fourth-order valence-electron chi connectivity index (χ4n) is 7.74. The predicted molar refractivity (Wildman–Crippen MR) is 206 cm³/mol. The van der Waals surface area contributed by atoms with Crippen molar-refractivity contribution < 1.29 is 33.8 Å². The standard InChI is InChI=1S/C42H48N6O7/c1-41(2,3)55-40(53)43-33-18-9-7-5-6-8-15-28-24-42(28,39(51)52)44-37(49)34-23-29(25-47(34)38(33)50)48-45-35(27-19-21-30(54-4)22-20-27)36(46-48)32-17-12-14-26-13-10-11-16-31(26)32/h8,10-17,19-22,28-29,33-34H,5-7,9,18,23-25H2,1-4H3,(H,43,53)(H,44,49)(H,51,52)/b15-8-/t28-,29+,33+,34+,42-/m1/s1. The molecule has 2 fully saturated rings. The van der Waals surface area contributed by atoms with Crippen molar-refractivity contribution in [2.75, 3.05) is 13.7 Å². The molecule has 1 saturated carbocycles. The zero-order valence-electron chi connectivity index (χ0n) is 31.7. The van der Waals surface area contributed by atoms with Crippen molar-refractivity contribution in [3.05, 3.63) is 78.9 Å². The van der Waals surface area contributed by atoms with Crippen LogP contribution in [0.2, 0.25) is 0 Å². The number of aromatic nitrogens is 3. The van der Waals surface area contributed by atoms with Crippen LogP contribution in [-0.4, -0.2) is 85.8 Å². The summed E-state index contributed by atoms with van der Waals surface area (Å²) in [6.45, 7) is 5.30. The molecule has 1 aliphatic carbocycles. The molecule has 0 radical (unpaired) electrons. The van der Waals surface area contributed by atoms with Gasteiger partial charge in [0.25, 0.3) is 0 Å². The highest BCUT2D eigenvalue weighted by Gasteiger charge is 2.61. The number of benzene rings is 3. The molecule has 3 aliphatic rings. The SMILES string of the molecule is COc1ccc(-c2nn([C@H]3C[C@H]4C(=O)N[C@]5(C(=O)O)C[C@H]5/C=C\CCCCC[C@H](NC(=O)OC(C)(C)C)C(=O)N4C3)nc2-c2cccc3ccccc23)cc1. The van der Waals surface area contributed by atoms with Crippen LogP contribution in [0.15, 0.2) is 78.9 Å². The number of amides is 3. The van der Waals surface area contributed by atoms with E-state index in [1.165, 1.54) is 4.90 Å². The minimum Gasteiger partial charge on any atom is -0.497 e. The van der Waals surface area contributed by atoms with Gasteiger partial charge in [0.1, 0.15) is 40.4 Å². The number of alkyl carbamates (subject to hydrolysis) is 1. The van der Waals surface area contributed by atoms with E-state index in [0.29, 0.717) is 30.0 Å². The van der Waals surface area contributed by atoms with Crippen molar-refractivity contribution in [1.82, 2.24) is 30.5 Å². The van der Waals surface area contributed by atoms with Gasteiger partial charge in [-0.15, -0.1) is 0 Å². The van der Waals surface area contributed by atoms with Gasteiger partial charge in [0.05, 0.1) is 13.2 Å². The second kappa shape index (κ2) is 15.2.